The fourth-order valence-electron chi connectivity index (χ4n) is 3.53. The molecule has 140 valence electrons. The summed E-state index contributed by atoms with van der Waals surface area (Å²) in [6, 6.07) is 7.69. The number of rotatable bonds is 5. The minimum Gasteiger partial charge on any atom is -0.497 e. The van der Waals surface area contributed by atoms with E-state index >= 15 is 0 Å². The molecule has 7 heteroatoms. The first-order valence-corrected chi connectivity index (χ1v) is 9.16. The average Bonchev–Trinajstić information content (AvgIpc) is 3.25. The van der Waals surface area contributed by atoms with E-state index in [4.69, 9.17) is 25.6 Å². The molecule has 1 aliphatic rings. The van der Waals surface area contributed by atoms with Crippen LogP contribution in [0, 0.1) is 0 Å². The standard InChI is InChI=1S/C20H19ClN2O4/c1-3-26-20(24)18-16(21)15-8-7-13-10-22-27-19(13)17(15)23(18)11-12-5-4-6-14(9-12)25-2/h4-6,9-10H,3,7-8,11H2,1-2H3. The molecule has 6 nitrogen and oxygen atoms in total. The number of carbonyl (C=O) groups is 1. The van der Waals surface area contributed by atoms with E-state index in [0.717, 1.165) is 41.0 Å². The van der Waals surface area contributed by atoms with Crippen LogP contribution in [0.4, 0.5) is 0 Å². The van der Waals surface area contributed by atoms with Gasteiger partial charge in [0.1, 0.15) is 11.4 Å². The molecule has 0 amide bonds. The maximum atomic E-state index is 12.7. The van der Waals surface area contributed by atoms with Gasteiger partial charge in [0, 0.05) is 17.7 Å². The fourth-order valence-corrected chi connectivity index (χ4v) is 3.89. The first kappa shape index (κ1) is 17.7. The van der Waals surface area contributed by atoms with Gasteiger partial charge < -0.3 is 18.6 Å². The van der Waals surface area contributed by atoms with Crippen molar-refractivity contribution >= 4 is 17.6 Å². The zero-order valence-corrected chi connectivity index (χ0v) is 15.9. The van der Waals surface area contributed by atoms with E-state index < -0.39 is 5.97 Å². The van der Waals surface area contributed by atoms with Crippen LogP contribution in [0.25, 0.3) is 11.5 Å². The molecule has 0 radical (unpaired) electrons. The van der Waals surface area contributed by atoms with Gasteiger partial charge in [-0.15, -0.1) is 0 Å². The smallest absolute Gasteiger partial charge is 0.356 e. The van der Waals surface area contributed by atoms with Gasteiger partial charge in [-0.1, -0.05) is 28.9 Å². The van der Waals surface area contributed by atoms with E-state index in [-0.39, 0.29) is 6.61 Å². The molecule has 0 bridgehead atoms. The SMILES string of the molecule is CCOC(=O)c1c(Cl)c2c(n1Cc1cccc(OC)c1)-c1oncc1CC2. The summed E-state index contributed by atoms with van der Waals surface area (Å²) in [5.74, 6) is 0.968. The molecule has 0 saturated carbocycles. The van der Waals surface area contributed by atoms with Gasteiger partial charge in [-0.25, -0.2) is 4.79 Å². The van der Waals surface area contributed by atoms with Gasteiger partial charge >= 0.3 is 5.97 Å². The van der Waals surface area contributed by atoms with Gasteiger partial charge in [0.25, 0.3) is 0 Å². The lowest BCUT2D eigenvalue weighted by molar-refractivity contribution is 0.0515. The predicted octanol–water partition coefficient (Wildman–Crippen LogP) is 4.13. The van der Waals surface area contributed by atoms with Crippen molar-refractivity contribution in [2.24, 2.45) is 0 Å². The monoisotopic (exact) mass is 386 g/mol. The Morgan fingerprint density at radius 1 is 1.37 bits per heavy atom. The summed E-state index contributed by atoms with van der Waals surface area (Å²) in [5, 5.41) is 4.36. The Labute approximate surface area is 161 Å². The number of aryl methyl sites for hydroxylation is 1. The highest BCUT2D eigenvalue weighted by Crippen LogP contribution is 2.41. The summed E-state index contributed by atoms with van der Waals surface area (Å²) in [6.07, 6.45) is 3.22. The highest BCUT2D eigenvalue weighted by atomic mass is 35.5. The number of nitrogens with zero attached hydrogens (tertiary/aromatic N) is 2. The van der Waals surface area contributed by atoms with Crippen LogP contribution in [0.2, 0.25) is 5.02 Å². The van der Waals surface area contributed by atoms with Crippen molar-refractivity contribution < 1.29 is 18.8 Å². The minimum absolute atomic E-state index is 0.276. The van der Waals surface area contributed by atoms with Gasteiger partial charge in [-0.2, -0.15) is 0 Å². The molecule has 3 aromatic rings. The number of esters is 1. The van der Waals surface area contributed by atoms with Crippen LogP contribution in [0.3, 0.4) is 0 Å². The van der Waals surface area contributed by atoms with E-state index in [9.17, 15) is 4.79 Å². The molecule has 2 aromatic heterocycles. The van der Waals surface area contributed by atoms with E-state index in [0.29, 0.717) is 23.0 Å². The second kappa shape index (κ2) is 7.12. The van der Waals surface area contributed by atoms with Gasteiger partial charge in [-0.05, 0) is 37.5 Å². The van der Waals surface area contributed by atoms with Crippen molar-refractivity contribution in [3.05, 3.63) is 57.9 Å². The van der Waals surface area contributed by atoms with Gasteiger partial charge in [0.05, 0.1) is 30.6 Å². The largest absolute Gasteiger partial charge is 0.497 e. The molecule has 27 heavy (non-hydrogen) atoms. The summed E-state index contributed by atoms with van der Waals surface area (Å²) >= 11 is 6.63. The summed E-state index contributed by atoms with van der Waals surface area (Å²) in [7, 11) is 1.62. The molecular formula is C20H19ClN2O4. The van der Waals surface area contributed by atoms with Crippen LogP contribution < -0.4 is 4.74 Å². The number of methoxy groups -OCH3 is 1. The molecule has 1 aromatic carbocycles. The lowest BCUT2D eigenvalue weighted by atomic mass is 9.96. The highest BCUT2D eigenvalue weighted by molar-refractivity contribution is 6.34. The number of ether oxygens (including phenoxy) is 2. The third kappa shape index (κ3) is 3.00. The van der Waals surface area contributed by atoms with Crippen molar-refractivity contribution in [3.8, 4) is 17.2 Å². The second-order valence-corrected chi connectivity index (χ2v) is 6.71. The van der Waals surface area contributed by atoms with E-state index in [1.807, 2.05) is 28.8 Å². The van der Waals surface area contributed by atoms with Crippen molar-refractivity contribution in [1.82, 2.24) is 9.72 Å². The molecule has 0 aliphatic heterocycles. The van der Waals surface area contributed by atoms with Crippen molar-refractivity contribution in [1.29, 1.82) is 0 Å². The second-order valence-electron chi connectivity index (χ2n) is 6.33. The maximum Gasteiger partial charge on any atom is 0.356 e. The Kier molecular flexibility index (Phi) is 4.66. The summed E-state index contributed by atoms with van der Waals surface area (Å²) in [6.45, 7) is 2.48. The number of halogens is 1. The Morgan fingerprint density at radius 2 is 2.22 bits per heavy atom. The zero-order chi connectivity index (χ0) is 19.0. The quantitative estimate of drug-likeness (QED) is 0.617. The molecule has 0 N–H and O–H groups in total. The highest BCUT2D eigenvalue weighted by Gasteiger charge is 2.33. The maximum absolute atomic E-state index is 12.7. The molecular weight excluding hydrogens is 368 g/mol. The van der Waals surface area contributed by atoms with Crippen LogP contribution in [0.1, 0.15) is 34.1 Å². The first-order valence-electron chi connectivity index (χ1n) is 8.78. The number of hydrogen-bond donors (Lipinski definition) is 0. The minimum atomic E-state index is -0.444. The number of fused-ring (bicyclic) bond motifs is 3. The van der Waals surface area contributed by atoms with Crippen LogP contribution in [-0.4, -0.2) is 29.4 Å². The summed E-state index contributed by atoms with van der Waals surface area (Å²) < 4.78 is 18.0. The number of aromatic nitrogens is 2. The predicted molar refractivity (Wildman–Crippen MR) is 100 cm³/mol. The van der Waals surface area contributed by atoms with Crippen LogP contribution >= 0.6 is 11.6 Å². The molecule has 2 heterocycles. The number of hydrogen-bond acceptors (Lipinski definition) is 5. The molecule has 0 unspecified atom stereocenters. The lowest BCUT2D eigenvalue weighted by Gasteiger charge is -2.16. The average molecular weight is 387 g/mol. The molecule has 0 spiro atoms. The van der Waals surface area contributed by atoms with Crippen LogP contribution in [0.5, 0.6) is 5.75 Å². The van der Waals surface area contributed by atoms with Crippen molar-refractivity contribution in [2.45, 2.75) is 26.3 Å². The van der Waals surface area contributed by atoms with E-state index in [1.54, 1.807) is 20.2 Å². The van der Waals surface area contributed by atoms with Crippen molar-refractivity contribution in [2.75, 3.05) is 13.7 Å². The van der Waals surface area contributed by atoms with Crippen molar-refractivity contribution in [3.63, 3.8) is 0 Å². The lowest BCUT2D eigenvalue weighted by Crippen LogP contribution is -2.15. The Bertz CT molecular complexity index is 1010. The van der Waals surface area contributed by atoms with Gasteiger partial charge in [0.2, 0.25) is 0 Å². The van der Waals surface area contributed by atoms with Gasteiger partial charge in [-0.3, -0.25) is 0 Å². The Morgan fingerprint density at radius 3 is 3.00 bits per heavy atom. The molecule has 4 rings (SSSR count). The third-order valence-corrected chi connectivity index (χ3v) is 5.15. The van der Waals surface area contributed by atoms with Crippen LogP contribution in [-0.2, 0) is 24.1 Å². The Balaban J connectivity index is 1.89. The molecule has 0 saturated heterocycles. The summed E-state index contributed by atoms with van der Waals surface area (Å²) in [5.41, 5.74) is 4.02. The number of benzene rings is 1. The fraction of sp³-hybridized carbons (Fsp3) is 0.300. The Hall–Kier alpha value is -2.73. The molecule has 0 atom stereocenters. The molecule has 1 aliphatic carbocycles. The van der Waals surface area contributed by atoms with E-state index in [1.165, 1.54) is 0 Å². The number of carbonyl (C=O) groups excluding carboxylic acids is 1. The van der Waals surface area contributed by atoms with E-state index in [2.05, 4.69) is 5.16 Å². The zero-order valence-electron chi connectivity index (χ0n) is 15.1. The third-order valence-electron chi connectivity index (χ3n) is 4.75. The summed E-state index contributed by atoms with van der Waals surface area (Å²) in [4.78, 5) is 12.7. The van der Waals surface area contributed by atoms with Crippen LogP contribution in [0.15, 0.2) is 35.0 Å². The normalized spacial score (nSPS) is 12.4. The first-order chi connectivity index (χ1) is 13.1. The topological polar surface area (TPSA) is 66.5 Å². The molecule has 0 fully saturated rings. The van der Waals surface area contributed by atoms with Gasteiger partial charge in [0.15, 0.2) is 5.76 Å².